The van der Waals surface area contributed by atoms with Crippen LogP contribution in [0.2, 0.25) is 0 Å². The number of alkyl halides is 2. The molecule has 0 atom stereocenters. The number of esters is 1. The van der Waals surface area contributed by atoms with Crippen LogP contribution in [0.5, 0.6) is 0 Å². The Kier molecular flexibility index (Phi) is 7.24. The summed E-state index contributed by atoms with van der Waals surface area (Å²) in [5, 5.41) is 13.0. The Balaban J connectivity index is 1.77. The minimum Gasteiger partial charge on any atom is -0.455 e. The molecule has 0 bridgehead atoms. The van der Waals surface area contributed by atoms with Gasteiger partial charge in [0.15, 0.2) is 6.61 Å². The first-order valence-electron chi connectivity index (χ1n) is 7.57. The van der Waals surface area contributed by atoms with Gasteiger partial charge in [0, 0.05) is 22.7 Å². The number of nitrogens with one attached hydrogen (secondary N) is 1. The normalized spacial score (nSPS) is 10.5. The van der Waals surface area contributed by atoms with Gasteiger partial charge >= 0.3 is 5.97 Å². The number of carbonyl (C=O) groups is 2. The second-order valence-corrected chi connectivity index (χ2v) is 6.28. The van der Waals surface area contributed by atoms with E-state index in [1.54, 1.807) is 0 Å². The molecule has 0 radical (unpaired) electrons. The molecule has 0 aromatic heterocycles. The van der Waals surface area contributed by atoms with Gasteiger partial charge in [-0.15, -0.1) is 0 Å². The van der Waals surface area contributed by atoms with Crippen LogP contribution < -0.4 is 5.32 Å². The van der Waals surface area contributed by atoms with Crippen molar-refractivity contribution >= 4 is 35.0 Å². The number of thioether (sulfide) groups is 1. The van der Waals surface area contributed by atoms with E-state index >= 15 is 0 Å². The lowest BCUT2D eigenvalue weighted by Gasteiger charge is -2.07. The van der Waals surface area contributed by atoms with Gasteiger partial charge < -0.3 is 10.1 Å². The molecule has 1 N–H and O–H groups in total. The van der Waals surface area contributed by atoms with Gasteiger partial charge in [-0.05, 0) is 29.8 Å². The predicted molar refractivity (Wildman–Crippen MR) is 94.7 cm³/mol. The van der Waals surface area contributed by atoms with Gasteiger partial charge in [0.25, 0.3) is 17.4 Å². The van der Waals surface area contributed by atoms with Crippen LogP contribution in [0.3, 0.4) is 0 Å². The average molecular weight is 396 g/mol. The first kappa shape index (κ1) is 20.3. The molecule has 2 aromatic rings. The molecular weight excluding hydrogens is 382 g/mol. The number of hydrogen-bond donors (Lipinski definition) is 1. The summed E-state index contributed by atoms with van der Waals surface area (Å²) in [6.45, 7) is -0.515. The van der Waals surface area contributed by atoms with E-state index in [4.69, 9.17) is 4.74 Å². The fraction of sp³-hybridized carbons (Fsp3) is 0.176. The van der Waals surface area contributed by atoms with Crippen LogP contribution in [0.15, 0.2) is 53.4 Å². The molecule has 0 unspecified atom stereocenters. The van der Waals surface area contributed by atoms with E-state index in [9.17, 15) is 28.5 Å². The minimum absolute atomic E-state index is 0.0931. The second kappa shape index (κ2) is 9.62. The smallest absolute Gasteiger partial charge is 0.310 e. The van der Waals surface area contributed by atoms with E-state index in [1.807, 2.05) is 0 Å². The summed E-state index contributed by atoms with van der Waals surface area (Å²) >= 11 is 0.391. The second-order valence-electron chi connectivity index (χ2n) is 5.21. The molecule has 0 heterocycles. The maximum Gasteiger partial charge on any atom is 0.310 e. The molecule has 0 aliphatic rings. The highest BCUT2D eigenvalue weighted by molar-refractivity contribution is 7.99. The van der Waals surface area contributed by atoms with E-state index in [2.05, 4.69) is 5.32 Å². The lowest BCUT2D eigenvalue weighted by Crippen LogP contribution is -2.21. The van der Waals surface area contributed by atoms with E-state index in [-0.39, 0.29) is 12.1 Å². The Morgan fingerprint density at radius 1 is 1.11 bits per heavy atom. The topological polar surface area (TPSA) is 98.5 Å². The molecule has 10 heteroatoms. The number of non-ortho nitro benzene ring substituents is 1. The number of ether oxygens (including phenoxy) is 1. The summed E-state index contributed by atoms with van der Waals surface area (Å²) in [4.78, 5) is 33.9. The van der Waals surface area contributed by atoms with E-state index < -0.39 is 29.2 Å². The van der Waals surface area contributed by atoms with Gasteiger partial charge in [-0.3, -0.25) is 19.7 Å². The molecule has 0 spiro atoms. The summed E-state index contributed by atoms with van der Waals surface area (Å²) < 4.78 is 29.3. The number of benzene rings is 2. The average Bonchev–Trinajstić information content (AvgIpc) is 2.62. The molecular formula is C17H14F2N2O5S. The van der Waals surface area contributed by atoms with Gasteiger partial charge in [-0.2, -0.15) is 8.78 Å². The maximum atomic E-state index is 12.2. The standard InChI is InChI=1S/C17H14F2N2O5S/c18-17(19)27-14-7-3-12(4-8-14)20-15(22)10-26-16(23)9-11-1-5-13(6-2-11)21(24)25/h1-8,17H,9-10H2,(H,20,22). The van der Waals surface area contributed by atoms with Crippen molar-refractivity contribution < 1.29 is 28.0 Å². The molecule has 142 valence electrons. The van der Waals surface area contributed by atoms with Crippen molar-refractivity contribution in [2.45, 2.75) is 17.1 Å². The van der Waals surface area contributed by atoms with E-state index in [1.165, 1.54) is 48.5 Å². The SMILES string of the molecule is O=C(COC(=O)Cc1ccc([N+](=O)[O-])cc1)Nc1ccc(SC(F)F)cc1. The number of anilines is 1. The number of hydrogen-bond acceptors (Lipinski definition) is 6. The number of rotatable bonds is 8. The fourth-order valence-corrected chi connectivity index (χ4v) is 2.51. The van der Waals surface area contributed by atoms with Crippen LogP contribution in [-0.2, 0) is 20.7 Å². The number of halogens is 2. The van der Waals surface area contributed by atoms with Crippen LogP contribution in [-0.4, -0.2) is 29.2 Å². The zero-order valence-electron chi connectivity index (χ0n) is 13.8. The van der Waals surface area contributed by atoms with Crippen molar-refractivity contribution in [1.29, 1.82) is 0 Å². The minimum atomic E-state index is -2.53. The third kappa shape index (κ3) is 7.02. The van der Waals surface area contributed by atoms with Crippen LogP contribution in [0.4, 0.5) is 20.2 Å². The van der Waals surface area contributed by atoms with E-state index in [0.717, 1.165) is 0 Å². The highest BCUT2D eigenvalue weighted by atomic mass is 32.2. The zero-order valence-corrected chi connectivity index (χ0v) is 14.6. The highest BCUT2D eigenvalue weighted by Gasteiger charge is 2.11. The molecule has 0 saturated carbocycles. The predicted octanol–water partition coefficient (Wildman–Crippen LogP) is 3.63. The zero-order chi connectivity index (χ0) is 19.8. The maximum absolute atomic E-state index is 12.2. The van der Waals surface area contributed by atoms with Crippen molar-refractivity contribution in [3.63, 3.8) is 0 Å². The molecule has 0 aliphatic heterocycles. The van der Waals surface area contributed by atoms with Gasteiger partial charge in [0.1, 0.15) is 0 Å². The first-order valence-corrected chi connectivity index (χ1v) is 8.45. The molecule has 1 amide bonds. The van der Waals surface area contributed by atoms with Crippen molar-refractivity contribution in [2.24, 2.45) is 0 Å². The fourth-order valence-electron chi connectivity index (χ4n) is 2.02. The lowest BCUT2D eigenvalue weighted by atomic mass is 10.1. The molecule has 2 aromatic carbocycles. The molecule has 27 heavy (non-hydrogen) atoms. The largest absolute Gasteiger partial charge is 0.455 e. The first-order chi connectivity index (χ1) is 12.8. The molecule has 0 saturated heterocycles. The van der Waals surface area contributed by atoms with Crippen LogP contribution in [0.1, 0.15) is 5.56 Å². The summed E-state index contributed by atoms with van der Waals surface area (Å²) in [6, 6.07) is 11.2. The highest BCUT2D eigenvalue weighted by Crippen LogP contribution is 2.26. The molecule has 7 nitrogen and oxygen atoms in total. The summed E-state index contributed by atoms with van der Waals surface area (Å²) in [7, 11) is 0. The van der Waals surface area contributed by atoms with Crippen molar-refractivity contribution in [3.8, 4) is 0 Å². The van der Waals surface area contributed by atoms with Crippen molar-refractivity contribution in [2.75, 3.05) is 11.9 Å². The Bertz CT molecular complexity index is 813. The number of nitro groups is 1. The Morgan fingerprint density at radius 2 is 1.74 bits per heavy atom. The van der Waals surface area contributed by atoms with Crippen LogP contribution in [0.25, 0.3) is 0 Å². The van der Waals surface area contributed by atoms with Crippen molar-refractivity contribution in [3.05, 3.63) is 64.2 Å². The van der Waals surface area contributed by atoms with Gasteiger partial charge in [-0.1, -0.05) is 23.9 Å². The Hall–Kier alpha value is -3.01. The monoisotopic (exact) mass is 396 g/mol. The summed E-state index contributed by atoms with van der Waals surface area (Å²) in [5.41, 5.74) is 0.799. The third-order valence-electron chi connectivity index (χ3n) is 3.22. The summed E-state index contributed by atoms with van der Waals surface area (Å²) in [6.07, 6.45) is -0.134. The van der Waals surface area contributed by atoms with E-state index in [0.29, 0.717) is 27.9 Å². The number of nitrogens with zero attached hydrogens (tertiary/aromatic N) is 1. The van der Waals surface area contributed by atoms with Crippen LogP contribution >= 0.6 is 11.8 Å². The number of carbonyl (C=O) groups excluding carboxylic acids is 2. The quantitative estimate of drug-likeness (QED) is 0.317. The molecule has 2 rings (SSSR count). The van der Waals surface area contributed by atoms with Gasteiger partial charge in [0.2, 0.25) is 0 Å². The molecule has 0 aliphatic carbocycles. The van der Waals surface area contributed by atoms with Crippen LogP contribution in [0, 0.1) is 10.1 Å². The van der Waals surface area contributed by atoms with Crippen molar-refractivity contribution in [1.82, 2.24) is 0 Å². The molecule has 0 fully saturated rings. The third-order valence-corrected chi connectivity index (χ3v) is 3.95. The summed E-state index contributed by atoms with van der Waals surface area (Å²) in [5.74, 6) is -3.77. The van der Waals surface area contributed by atoms with Gasteiger partial charge in [0.05, 0.1) is 11.3 Å². The Labute approximate surface area is 156 Å². The number of nitro benzene ring substituents is 1. The lowest BCUT2D eigenvalue weighted by molar-refractivity contribution is -0.384. The number of amides is 1. The Morgan fingerprint density at radius 3 is 2.30 bits per heavy atom. The van der Waals surface area contributed by atoms with Gasteiger partial charge in [-0.25, -0.2) is 0 Å².